The monoisotopic (exact) mass is 700 g/mol. The van der Waals surface area contributed by atoms with Gasteiger partial charge >= 0.3 is 0 Å². The van der Waals surface area contributed by atoms with Crippen molar-refractivity contribution in [3.63, 3.8) is 0 Å². The molecule has 0 saturated carbocycles. The zero-order valence-electron chi connectivity index (χ0n) is 24.3. The van der Waals surface area contributed by atoms with Gasteiger partial charge in [-0.3, -0.25) is 24.1 Å². The first-order valence-electron chi connectivity index (χ1n) is 13.5. The molecule has 6 aromatic rings. The van der Waals surface area contributed by atoms with Crippen molar-refractivity contribution < 1.29 is 25.6 Å². The van der Waals surface area contributed by atoms with Gasteiger partial charge in [0.1, 0.15) is 17.5 Å². The molecule has 4 heterocycles. The zero-order chi connectivity index (χ0) is 33.9. The van der Waals surface area contributed by atoms with Gasteiger partial charge in [0.15, 0.2) is 5.82 Å². The highest BCUT2D eigenvalue weighted by molar-refractivity contribution is 8.13. The number of benzene rings is 2. The molecule has 2 aromatic carbocycles. The van der Waals surface area contributed by atoms with E-state index in [9.17, 15) is 25.6 Å². The largest absolute Gasteiger partial charge is 0.382 e. The van der Waals surface area contributed by atoms with Crippen molar-refractivity contribution in [1.29, 1.82) is 0 Å². The summed E-state index contributed by atoms with van der Waals surface area (Å²) in [5, 5.41) is 8.23. The van der Waals surface area contributed by atoms with E-state index in [-0.39, 0.29) is 15.6 Å². The number of rotatable bonds is 8. The van der Waals surface area contributed by atoms with E-state index in [0.717, 1.165) is 35.9 Å². The number of anilines is 2. The summed E-state index contributed by atoms with van der Waals surface area (Å²) >= 11 is 0. The first kappa shape index (κ1) is 34.7. The fraction of sp³-hybridized carbons (Fsp3) is 0.0667. The second-order valence-electron chi connectivity index (χ2n) is 9.51. The van der Waals surface area contributed by atoms with Gasteiger partial charge in [0.2, 0.25) is 0 Å². The number of halogens is 3. The third-order valence-corrected chi connectivity index (χ3v) is 8.62. The van der Waals surface area contributed by atoms with Crippen LogP contribution < -0.4 is 10.5 Å². The van der Waals surface area contributed by atoms with Crippen LogP contribution in [-0.2, 0) is 32.2 Å². The molecule has 0 fully saturated rings. The Morgan fingerprint density at radius 3 is 1.64 bits per heavy atom. The van der Waals surface area contributed by atoms with E-state index in [0.29, 0.717) is 12.4 Å². The highest BCUT2D eigenvalue weighted by Crippen LogP contribution is 2.16. The lowest BCUT2D eigenvalue weighted by Crippen LogP contribution is -2.14. The highest BCUT2D eigenvalue weighted by Gasteiger charge is 2.16. The molecular weight excluding hydrogens is 674 g/mol. The fourth-order valence-corrected chi connectivity index (χ4v) is 5.58. The van der Waals surface area contributed by atoms with Crippen molar-refractivity contribution >= 4 is 41.4 Å². The normalized spacial score (nSPS) is 11.0. The lowest BCUT2D eigenvalue weighted by atomic mass is 10.3. The van der Waals surface area contributed by atoms with Crippen LogP contribution in [0.5, 0.6) is 0 Å². The molecule has 0 unspecified atom stereocenters. The van der Waals surface area contributed by atoms with Crippen molar-refractivity contribution in [2.24, 2.45) is 0 Å². The average Bonchev–Trinajstić information content (AvgIpc) is 3.65. The molecule has 0 spiro atoms. The summed E-state index contributed by atoms with van der Waals surface area (Å²) in [4.78, 5) is 7.49. The van der Waals surface area contributed by atoms with Gasteiger partial charge in [-0.2, -0.15) is 10.2 Å². The van der Waals surface area contributed by atoms with E-state index >= 15 is 0 Å². The van der Waals surface area contributed by atoms with E-state index < -0.39 is 30.7 Å². The standard InChI is InChI=1S/C15H13FN4O2S.C9H10N4.C6H4ClFO2S/c16-13-2-1-3-14(10-13)23(21,22)19-15-6-9-20(18-15)11-12-4-7-17-8-5-12;10-9-3-6-13(12-9)7-8-1-4-11-5-2-8;7-11(9,10)6-3-1-2-5(8)4-6/h1-10H,11H2,(H,18,19);1-6H,7H2,(H2,10,12);1-4H. The summed E-state index contributed by atoms with van der Waals surface area (Å²) in [6.45, 7) is 1.23. The molecular formula is C30H27ClF2N8O4S2. The number of nitrogens with one attached hydrogen (secondary N) is 1. The second-order valence-corrected chi connectivity index (χ2v) is 13.8. The number of aromatic nitrogens is 6. The Bertz CT molecular complexity index is 2120. The quantitative estimate of drug-likeness (QED) is 0.209. The second kappa shape index (κ2) is 15.9. The predicted octanol–water partition coefficient (Wildman–Crippen LogP) is 4.93. The van der Waals surface area contributed by atoms with Crippen LogP contribution >= 0.6 is 10.7 Å². The molecule has 0 amide bonds. The van der Waals surface area contributed by atoms with E-state index in [1.54, 1.807) is 46.4 Å². The maximum absolute atomic E-state index is 13.2. The molecule has 12 nitrogen and oxygen atoms in total. The lowest BCUT2D eigenvalue weighted by molar-refractivity contribution is 0.594. The number of nitrogens with two attached hydrogens (primary N) is 1. The molecule has 0 atom stereocenters. The van der Waals surface area contributed by atoms with E-state index in [2.05, 4.69) is 24.9 Å². The lowest BCUT2D eigenvalue weighted by Gasteiger charge is -2.05. The van der Waals surface area contributed by atoms with Crippen molar-refractivity contribution in [2.75, 3.05) is 10.5 Å². The molecule has 0 bridgehead atoms. The Kier molecular flexibility index (Phi) is 11.7. The third-order valence-electron chi connectivity index (χ3n) is 5.91. The van der Waals surface area contributed by atoms with Gasteiger partial charge in [0.25, 0.3) is 19.1 Å². The van der Waals surface area contributed by atoms with Crippen LogP contribution in [0.15, 0.2) is 132 Å². The Hall–Kier alpha value is -5.19. The number of sulfonamides is 1. The smallest absolute Gasteiger partial charge is 0.263 e. The van der Waals surface area contributed by atoms with Crippen LogP contribution in [0.3, 0.4) is 0 Å². The van der Waals surface area contributed by atoms with Crippen molar-refractivity contribution in [2.45, 2.75) is 22.9 Å². The minimum Gasteiger partial charge on any atom is -0.382 e. The van der Waals surface area contributed by atoms with Gasteiger partial charge in [-0.1, -0.05) is 12.1 Å². The highest BCUT2D eigenvalue weighted by atomic mass is 35.7. The molecule has 17 heteroatoms. The summed E-state index contributed by atoms with van der Waals surface area (Å²) in [5.74, 6) is -0.514. The van der Waals surface area contributed by atoms with Crippen molar-refractivity contribution in [3.8, 4) is 0 Å². The third kappa shape index (κ3) is 11.3. The van der Waals surface area contributed by atoms with Crippen LogP contribution in [0, 0.1) is 11.6 Å². The summed E-state index contributed by atoms with van der Waals surface area (Å²) in [5.41, 5.74) is 7.64. The van der Waals surface area contributed by atoms with Gasteiger partial charge < -0.3 is 5.73 Å². The summed E-state index contributed by atoms with van der Waals surface area (Å²) < 4.78 is 76.8. The molecule has 0 aliphatic heterocycles. The van der Waals surface area contributed by atoms with Gasteiger partial charge in [-0.25, -0.2) is 25.6 Å². The number of nitrogens with zero attached hydrogens (tertiary/aromatic N) is 6. The Balaban J connectivity index is 0.000000176. The zero-order valence-corrected chi connectivity index (χ0v) is 26.7. The van der Waals surface area contributed by atoms with Crippen molar-refractivity contribution in [3.05, 3.63) is 145 Å². The molecule has 244 valence electrons. The van der Waals surface area contributed by atoms with Gasteiger partial charge in [0, 0.05) is 53.9 Å². The van der Waals surface area contributed by atoms with Crippen molar-refractivity contribution in [1.82, 2.24) is 29.5 Å². The van der Waals surface area contributed by atoms with Crippen LogP contribution in [-0.4, -0.2) is 46.4 Å². The van der Waals surface area contributed by atoms with E-state index in [4.69, 9.17) is 16.4 Å². The molecule has 0 aliphatic carbocycles. The molecule has 6 rings (SSSR count). The molecule has 0 radical (unpaired) electrons. The maximum Gasteiger partial charge on any atom is 0.263 e. The SMILES string of the molecule is Nc1ccn(Cc2ccncc2)n1.O=S(=O)(Cl)c1cccc(F)c1.O=S(=O)(Nc1ccn(Cc2ccncc2)n1)c1cccc(F)c1. The topological polar surface area (TPSA) is 168 Å². The van der Waals surface area contributed by atoms with E-state index in [1.165, 1.54) is 36.4 Å². The number of nitrogen functional groups attached to an aromatic ring is 1. The maximum atomic E-state index is 13.2. The predicted molar refractivity (Wildman–Crippen MR) is 172 cm³/mol. The molecule has 0 aliphatic rings. The average molecular weight is 701 g/mol. The molecule has 4 aromatic heterocycles. The number of hydrogen-bond acceptors (Lipinski definition) is 9. The van der Waals surface area contributed by atoms with Gasteiger partial charge in [-0.15, -0.1) is 0 Å². The number of pyridine rings is 2. The van der Waals surface area contributed by atoms with Crippen LogP contribution in [0.4, 0.5) is 20.4 Å². The van der Waals surface area contributed by atoms with Crippen LogP contribution in [0.1, 0.15) is 11.1 Å². The number of hydrogen-bond donors (Lipinski definition) is 2. The first-order chi connectivity index (χ1) is 22.4. The minimum absolute atomic E-state index is 0.152. The molecule has 47 heavy (non-hydrogen) atoms. The van der Waals surface area contributed by atoms with Crippen LogP contribution in [0.2, 0.25) is 0 Å². The summed E-state index contributed by atoms with van der Waals surface area (Å²) in [6.07, 6.45) is 10.4. The Morgan fingerprint density at radius 1 is 0.681 bits per heavy atom. The van der Waals surface area contributed by atoms with Crippen LogP contribution in [0.25, 0.3) is 0 Å². The summed E-state index contributed by atoms with van der Waals surface area (Å²) in [6, 6.07) is 20.2. The minimum atomic E-state index is -3.87. The first-order valence-corrected chi connectivity index (χ1v) is 17.3. The molecule has 0 saturated heterocycles. The van der Waals surface area contributed by atoms with E-state index in [1.807, 2.05) is 30.5 Å². The Morgan fingerprint density at radius 2 is 1.17 bits per heavy atom. The Labute approximate surface area is 274 Å². The fourth-order valence-electron chi connectivity index (χ4n) is 3.77. The van der Waals surface area contributed by atoms with Gasteiger partial charge in [0.05, 0.1) is 22.9 Å². The van der Waals surface area contributed by atoms with Gasteiger partial charge in [-0.05, 0) is 77.9 Å². The molecule has 3 N–H and O–H groups in total. The summed E-state index contributed by atoms with van der Waals surface area (Å²) in [7, 11) is -2.73.